The first-order valence-corrected chi connectivity index (χ1v) is 6.48. The Hall–Kier alpha value is -0.880. The van der Waals surface area contributed by atoms with E-state index in [4.69, 9.17) is 5.11 Å². The molecule has 1 aromatic heterocycles. The Labute approximate surface area is 105 Å². The molecule has 0 radical (unpaired) electrons. The van der Waals surface area contributed by atoms with Crippen molar-refractivity contribution < 1.29 is 14.7 Å². The molecule has 1 saturated carbocycles. The van der Waals surface area contributed by atoms with Gasteiger partial charge in [0.1, 0.15) is 0 Å². The van der Waals surface area contributed by atoms with E-state index in [2.05, 4.69) is 21.2 Å². The van der Waals surface area contributed by atoms with E-state index in [1.807, 2.05) is 11.4 Å². The number of rotatable bonds is 4. The maximum absolute atomic E-state index is 11.5. The summed E-state index contributed by atoms with van der Waals surface area (Å²) in [7, 11) is 0. The molecule has 1 aliphatic rings. The number of carbonyl (C=O) groups is 2. The molecule has 6 heteroatoms. The number of carboxylic acid groups (broad SMARTS) is 1. The summed E-state index contributed by atoms with van der Waals surface area (Å²) in [5, 5.41) is 13.4. The van der Waals surface area contributed by atoms with E-state index >= 15 is 0 Å². The van der Waals surface area contributed by atoms with Crippen molar-refractivity contribution in [3.05, 3.63) is 20.8 Å². The summed E-state index contributed by atoms with van der Waals surface area (Å²) >= 11 is 4.89. The number of amides is 1. The van der Waals surface area contributed by atoms with Crippen molar-refractivity contribution in [1.29, 1.82) is 0 Å². The van der Waals surface area contributed by atoms with Gasteiger partial charge in [-0.2, -0.15) is 0 Å². The number of carbonyl (C=O) groups excluding carboxylic acids is 1. The second-order valence-corrected chi connectivity index (χ2v) is 6.05. The van der Waals surface area contributed by atoms with Crippen LogP contribution in [0.25, 0.3) is 0 Å². The molecule has 0 saturated heterocycles. The van der Waals surface area contributed by atoms with E-state index in [0.29, 0.717) is 13.0 Å². The Balaban J connectivity index is 1.79. The third-order valence-corrected chi connectivity index (χ3v) is 4.09. The van der Waals surface area contributed by atoms with Gasteiger partial charge < -0.3 is 10.4 Å². The molecule has 16 heavy (non-hydrogen) atoms. The average molecular weight is 304 g/mol. The van der Waals surface area contributed by atoms with Gasteiger partial charge in [0.2, 0.25) is 5.91 Å². The van der Waals surface area contributed by atoms with Crippen molar-refractivity contribution in [1.82, 2.24) is 5.32 Å². The molecule has 86 valence electrons. The number of hydrogen-bond acceptors (Lipinski definition) is 3. The fourth-order valence-corrected chi connectivity index (χ4v) is 2.73. The largest absolute Gasteiger partial charge is 0.481 e. The minimum Gasteiger partial charge on any atom is -0.481 e. The molecule has 2 rings (SSSR count). The van der Waals surface area contributed by atoms with Crippen LogP contribution in [0.3, 0.4) is 0 Å². The normalized spacial score (nSPS) is 22.8. The first-order valence-electron chi connectivity index (χ1n) is 4.81. The maximum Gasteiger partial charge on any atom is 0.307 e. The van der Waals surface area contributed by atoms with Gasteiger partial charge in [-0.1, -0.05) is 0 Å². The van der Waals surface area contributed by atoms with E-state index in [9.17, 15) is 9.59 Å². The standard InChI is InChI=1S/C10H10BrNO3S/c11-8-1-5(4-16-8)3-12-9(13)6-2-7(6)10(14)15/h1,4,6-7H,2-3H2,(H,12,13)(H,14,15). The highest BCUT2D eigenvalue weighted by atomic mass is 79.9. The maximum atomic E-state index is 11.5. The van der Waals surface area contributed by atoms with Crippen molar-refractivity contribution in [2.75, 3.05) is 0 Å². The highest BCUT2D eigenvalue weighted by Crippen LogP contribution is 2.38. The lowest BCUT2D eigenvalue weighted by atomic mass is 10.3. The molecule has 1 amide bonds. The minimum atomic E-state index is -0.876. The number of carboxylic acids is 1. The Morgan fingerprint density at radius 1 is 1.56 bits per heavy atom. The Morgan fingerprint density at radius 3 is 2.81 bits per heavy atom. The van der Waals surface area contributed by atoms with Crippen LogP contribution in [0.1, 0.15) is 12.0 Å². The molecule has 0 spiro atoms. The summed E-state index contributed by atoms with van der Waals surface area (Å²) in [4.78, 5) is 22.1. The minimum absolute atomic E-state index is 0.158. The van der Waals surface area contributed by atoms with Gasteiger partial charge in [0.05, 0.1) is 15.6 Å². The summed E-state index contributed by atoms with van der Waals surface area (Å²) in [5.41, 5.74) is 1.03. The zero-order valence-corrected chi connectivity index (χ0v) is 10.7. The average Bonchev–Trinajstić information content (AvgIpc) is 2.93. The number of nitrogens with one attached hydrogen (secondary N) is 1. The lowest BCUT2D eigenvalue weighted by molar-refractivity contribution is -0.140. The van der Waals surface area contributed by atoms with Crippen LogP contribution in [0.2, 0.25) is 0 Å². The smallest absolute Gasteiger partial charge is 0.307 e. The van der Waals surface area contributed by atoms with Crippen LogP contribution < -0.4 is 5.32 Å². The molecular weight excluding hydrogens is 294 g/mol. The monoisotopic (exact) mass is 303 g/mol. The zero-order chi connectivity index (χ0) is 11.7. The third-order valence-electron chi connectivity index (χ3n) is 2.53. The van der Waals surface area contributed by atoms with Gasteiger partial charge >= 0.3 is 5.97 Å². The lowest BCUT2D eigenvalue weighted by Gasteiger charge is -2.01. The first-order chi connectivity index (χ1) is 7.58. The Kier molecular flexibility index (Phi) is 3.30. The second-order valence-electron chi connectivity index (χ2n) is 3.76. The summed E-state index contributed by atoms with van der Waals surface area (Å²) in [6.45, 7) is 0.462. The van der Waals surface area contributed by atoms with Gasteiger partial charge in [0.25, 0.3) is 0 Å². The number of thiophene rings is 1. The first kappa shape index (κ1) is 11.6. The van der Waals surface area contributed by atoms with E-state index in [0.717, 1.165) is 9.35 Å². The second kappa shape index (κ2) is 4.55. The van der Waals surface area contributed by atoms with Gasteiger partial charge in [0.15, 0.2) is 0 Å². The molecule has 1 fully saturated rings. The molecule has 1 aromatic rings. The van der Waals surface area contributed by atoms with Crippen molar-refractivity contribution in [3.63, 3.8) is 0 Å². The summed E-state index contributed by atoms with van der Waals surface area (Å²) < 4.78 is 1.02. The predicted molar refractivity (Wildman–Crippen MR) is 63.1 cm³/mol. The fourth-order valence-electron chi connectivity index (χ4n) is 1.52. The molecule has 0 bridgehead atoms. The van der Waals surface area contributed by atoms with Crippen LogP contribution in [0, 0.1) is 11.8 Å². The lowest BCUT2D eigenvalue weighted by Crippen LogP contribution is -2.25. The number of halogens is 1. The topological polar surface area (TPSA) is 66.4 Å². The van der Waals surface area contributed by atoms with Crippen LogP contribution in [0.4, 0.5) is 0 Å². The Morgan fingerprint density at radius 2 is 2.31 bits per heavy atom. The highest BCUT2D eigenvalue weighted by molar-refractivity contribution is 9.11. The third kappa shape index (κ3) is 2.62. The molecule has 1 aliphatic carbocycles. The summed E-state index contributed by atoms with van der Waals surface area (Å²) in [6.07, 6.45) is 0.467. The van der Waals surface area contributed by atoms with Crippen LogP contribution in [0.5, 0.6) is 0 Å². The fraction of sp³-hybridized carbons (Fsp3) is 0.400. The predicted octanol–water partition coefficient (Wildman–Crippen LogP) is 1.85. The van der Waals surface area contributed by atoms with Crippen LogP contribution in [-0.4, -0.2) is 17.0 Å². The molecule has 1 heterocycles. The van der Waals surface area contributed by atoms with Crippen molar-refractivity contribution >= 4 is 39.1 Å². The van der Waals surface area contributed by atoms with Crippen LogP contribution >= 0.6 is 27.3 Å². The zero-order valence-electron chi connectivity index (χ0n) is 8.27. The quantitative estimate of drug-likeness (QED) is 0.892. The van der Waals surface area contributed by atoms with E-state index in [1.165, 1.54) is 0 Å². The van der Waals surface area contributed by atoms with Crippen LogP contribution in [0.15, 0.2) is 15.2 Å². The van der Waals surface area contributed by atoms with Gasteiger partial charge in [-0.05, 0) is 39.4 Å². The molecule has 0 aromatic carbocycles. The molecule has 2 unspecified atom stereocenters. The molecule has 4 nitrogen and oxygen atoms in total. The van der Waals surface area contributed by atoms with E-state index in [1.54, 1.807) is 11.3 Å². The van der Waals surface area contributed by atoms with Gasteiger partial charge in [-0.25, -0.2) is 0 Å². The number of hydrogen-bond donors (Lipinski definition) is 2. The molecular formula is C10H10BrNO3S. The van der Waals surface area contributed by atoms with Crippen molar-refractivity contribution in [2.45, 2.75) is 13.0 Å². The summed E-state index contributed by atoms with van der Waals surface area (Å²) in [5.74, 6) is -1.85. The summed E-state index contributed by atoms with van der Waals surface area (Å²) in [6, 6.07) is 1.94. The Bertz CT molecular complexity index is 431. The van der Waals surface area contributed by atoms with Gasteiger partial charge in [0, 0.05) is 6.54 Å². The van der Waals surface area contributed by atoms with Crippen molar-refractivity contribution in [2.24, 2.45) is 11.8 Å². The van der Waals surface area contributed by atoms with Gasteiger partial charge in [-0.3, -0.25) is 9.59 Å². The molecule has 2 N–H and O–H groups in total. The highest BCUT2D eigenvalue weighted by Gasteiger charge is 2.48. The molecule has 0 aliphatic heterocycles. The van der Waals surface area contributed by atoms with Crippen LogP contribution in [-0.2, 0) is 16.1 Å². The molecule has 2 atom stereocenters. The van der Waals surface area contributed by atoms with E-state index in [-0.39, 0.29) is 11.8 Å². The van der Waals surface area contributed by atoms with Gasteiger partial charge in [-0.15, -0.1) is 11.3 Å². The van der Waals surface area contributed by atoms with E-state index < -0.39 is 11.9 Å². The number of aliphatic carboxylic acids is 1. The SMILES string of the molecule is O=C(O)C1CC1C(=O)NCc1csc(Br)c1. The van der Waals surface area contributed by atoms with Crippen molar-refractivity contribution in [3.8, 4) is 0 Å².